The zero-order valence-corrected chi connectivity index (χ0v) is 10.6. The number of aromatic nitrogens is 1. The topological polar surface area (TPSA) is 24.9 Å². The van der Waals surface area contributed by atoms with E-state index in [1.54, 1.807) is 0 Å². The lowest BCUT2D eigenvalue weighted by Crippen LogP contribution is -1.97. The number of anilines is 1. The molecule has 16 heavy (non-hydrogen) atoms. The molecule has 0 unspecified atom stereocenters. The molecule has 0 aliphatic heterocycles. The lowest BCUT2D eigenvalue weighted by molar-refractivity contribution is 1.12. The van der Waals surface area contributed by atoms with Crippen LogP contribution in [-0.2, 0) is 13.0 Å². The lowest BCUT2D eigenvalue weighted by atomic mass is 10.1. The van der Waals surface area contributed by atoms with E-state index in [1.165, 1.54) is 16.9 Å². The Morgan fingerprint density at radius 2 is 2.31 bits per heavy atom. The van der Waals surface area contributed by atoms with Crippen LogP contribution in [0.5, 0.6) is 0 Å². The molecule has 4 heteroatoms. The minimum Gasteiger partial charge on any atom is -0.380 e. The normalized spacial score (nSPS) is 10.4. The summed E-state index contributed by atoms with van der Waals surface area (Å²) in [6.07, 6.45) is 2.87. The lowest BCUT2D eigenvalue weighted by Gasteiger charge is -2.05. The summed E-state index contributed by atoms with van der Waals surface area (Å²) >= 11 is 7.28. The summed E-state index contributed by atoms with van der Waals surface area (Å²) in [4.78, 5) is 5.15. The van der Waals surface area contributed by atoms with Crippen molar-refractivity contribution >= 4 is 28.6 Å². The van der Waals surface area contributed by atoms with Crippen molar-refractivity contribution in [3.8, 4) is 0 Å². The molecule has 0 radical (unpaired) electrons. The Bertz CT molecular complexity index is 468. The molecule has 1 aromatic heterocycles. The first kappa shape index (κ1) is 11.4. The molecule has 0 atom stereocenters. The Balaban J connectivity index is 1.99. The van der Waals surface area contributed by atoms with Gasteiger partial charge in [-0.2, -0.15) is 0 Å². The molecule has 0 fully saturated rings. The number of hydrogen-bond donors (Lipinski definition) is 1. The minimum atomic E-state index is 0.596. The van der Waals surface area contributed by atoms with Crippen molar-refractivity contribution in [1.82, 2.24) is 4.98 Å². The van der Waals surface area contributed by atoms with E-state index >= 15 is 0 Å². The molecule has 2 rings (SSSR count). The summed E-state index contributed by atoms with van der Waals surface area (Å²) in [6, 6.07) is 8.44. The van der Waals surface area contributed by atoms with Gasteiger partial charge in [-0.05, 0) is 24.1 Å². The van der Waals surface area contributed by atoms with Gasteiger partial charge in [0.25, 0.3) is 0 Å². The molecular formula is C12H13ClN2S. The molecule has 2 nitrogen and oxygen atoms in total. The van der Waals surface area contributed by atoms with Gasteiger partial charge in [-0.3, -0.25) is 0 Å². The fraction of sp³-hybridized carbons (Fsp3) is 0.250. The molecule has 2 aromatic rings. The van der Waals surface area contributed by atoms with E-state index in [1.807, 2.05) is 6.20 Å². The van der Waals surface area contributed by atoms with Crippen molar-refractivity contribution in [3.05, 3.63) is 45.4 Å². The van der Waals surface area contributed by atoms with Gasteiger partial charge < -0.3 is 5.32 Å². The Kier molecular flexibility index (Phi) is 3.80. The van der Waals surface area contributed by atoms with Crippen LogP contribution in [0.25, 0.3) is 0 Å². The zero-order valence-electron chi connectivity index (χ0n) is 9.03. The van der Waals surface area contributed by atoms with Gasteiger partial charge in [0.15, 0.2) is 4.47 Å². The van der Waals surface area contributed by atoms with Gasteiger partial charge in [0.1, 0.15) is 0 Å². The predicted octanol–water partition coefficient (Wildman–Crippen LogP) is 3.97. The summed E-state index contributed by atoms with van der Waals surface area (Å²) in [6.45, 7) is 2.93. The van der Waals surface area contributed by atoms with E-state index < -0.39 is 0 Å². The SMILES string of the molecule is CCc1cccc(NCc2cnc(Cl)s2)c1. The third-order valence-corrected chi connectivity index (χ3v) is 3.44. The Morgan fingerprint density at radius 3 is 3.00 bits per heavy atom. The van der Waals surface area contributed by atoms with E-state index in [0.717, 1.165) is 23.5 Å². The van der Waals surface area contributed by atoms with Crippen LogP contribution in [0, 0.1) is 0 Å². The third-order valence-electron chi connectivity index (χ3n) is 2.33. The Labute approximate surface area is 104 Å². The maximum atomic E-state index is 5.77. The second kappa shape index (κ2) is 5.32. The number of hydrogen-bond acceptors (Lipinski definition) is 3. The standard InChI is InChI=1S/C12H13ClN2S/c1-2-9-4-3-5-10(6-9)14-7-11-8-15-12(13)16-11/h3-6,8,14H,2,7H2,1H3. The monoisotopic (exact) mass is 252 g/mol. The van der Waals surface area contributed by atoms with Crippen LogP contribution < -0.4 is 5.32 Å². The molecule has 84 valence electrons. The first-order valence-corrected chi connectivity index (χ1v) is 6.40. The van der Waals surface area contributed by atoms with Crippen LogP contribution in [0.15, 0.2) is 30.5 Å². The van der Waals surface area contributed by atoms with Gasteiger partial charge in [-0.15, -0.1) is 11.3 Å². The summed E-state index contributed by atoms with van der Waals surface area (Å²) in [5, 5.41) is 3.36. The first-order chi connectivity index (χ1) is 7.78. The van der Waals surface area contributed by atoms with Gasteiger partial charge in [-0.25, -0.2) is 4.98 Å². The molecule has 1 heterocycles. The Hall–Kier alpha value is -1.06. The summed E-state index contributed by atoms with van der Waals surface area (Å²) < 4.78 is 0.596. The average Bonchev–Trinajstić information content (AvgIpc) is 2.73. The van der Waals surface area contributed by atoms with Crippen LogP contribution in [0.3, 0.4) is 0 Å². The molecule has 0 saturated carbocycles. The molecule has 0 bridgehead atoms. The maximum absolute atomic E-state index is 5.77. The number of rotatable bonds is 4. The number of nitrogens with one attached hydrogen (secondary N) is 1. The molecule has 0 spiro atoms. The van der Waals surface area contributed by atoms with Crippen LogP contribution >= 0.6 is 22.9 Å². The first-order valence-electron chi connectivity index (χ1n) is 5.21. The summed E-state index contributed by atoms with van der Waals surface area (Å²) in [5.74, 6) is 0. The second-order valence-electron chi connectivity index (χ2n) is 3.49. The van der Waals surface area contributed by atoms with E-state index in [9.17, 15) is 0 Å². The van der Waals surface area contributed by atoms with E-state index in [-0.39, 0.29) is 0 Å². The molecular weight excluding hydrogens is 240 g/mol. The van der Waals surface area contributed by atoms with Gasteiger partial charge in [0, 0.05) is 16.8 Å². The van der Waals surface area contributed by atoms with Crippen molar-refractivity contribution in [2.75, 3.05) is 5.32 Å². The fourth-order valence-corrected chi connectivity index (χ4v) is 2.37. The summed E-state index contributed by atoms with van der Waals surface area (Å²) in [5.41, 5.74) is 2.48. The largest absolute Gasteiger partial charge is 0.380 e. The van der Waals surface area contributed by atoms with E-state index in [2.05, 4.69) is 41.5 Å². The average molecular weight is 253 g/mol. The molecule has 0 aliphatic rings. The van der Waals surface area contributed by atoms with Gasteiger partial charge in [0.2, 0.25) is 0 Å². The highest BCUT2D eigenvalue weighted by Crippen LogP contribution is 2.19. The summed E-state index contributed by atoms with van der Waals surface area (Å²) in [7, 11) is 0. The number of benzene rings is 1. The van der Waals surface area contributed by atoms with Gasteiger partial charge in [-0.1, -0.05) is 30.7 Å². The van der Waals surface area contributed by atoms with Gasteiger partial charge >= 0.3 is 0 Å². The maximum Gasteiger partial charge on any atom is 0.183 e. The minimum absolute atomic E-state index is 0.596. The van der Waals surface area contributed by atoms with Crippen LogP contribution in [0.4, 0.5) is 5.69 Å². The number of halogens is 1. The van der Waals surface area contributed by atoms with Crippen LogP contribution in [0.2, 0.25) is 4.47 Å². The molecule has 0 saturated heterocycles. The molecule has 0 amide bonds. The number of nitrogens with zero attached hydrogens (tertiary/aromatic N) is 1. The number of aryl methyl sites for hydroxylation is 1. The van der Waals surface area contributed by atoms with Crippen LogP contribution in [-0.4, -0.2) is 4.98 Å². The van der Waals surface area contributed by atoms with Crippen molar-refractivity contribution in [3.63, 3.8) is 0 Å². The van der Waals surface area contributed by atoms with Crippen molar-refractivity contribution in [2.45, 2.75) is 19.9 Å². The Morgan fingerprint density at radius 1 is 1.44 bits per heavy atom. The van der Waals surface area contributed by atoms with Crippen molar-refractivity contribution in [2.24, 2.45) is 0 Å². The number of thiazole rings is 1. The zero-order chi connectivity index (χ0) is 11.4. The quantitative estimate of drug-likeness (QED) is 0.891. The molecule has 1 N–H and O–H groups in total. The highest BCUT2D eigenvalue weighted by molar-refractivity contribution is 7.15. The van der Waals surface area contributed by atoms with Crippen molar-refractivity contribution < 1.29 is 0 Å². The fourth-order valence-electron chi connectivity index (χ4n) is 1.46. The highest BCUT2D eigenvalue weighted by atomic mass is 35.5. The van der Waals surface area contributed by atoms with Gasteiger partial charge in [0.05, 0.1) is 6.54 Å². The highest BCUT2D eigenvalue weighted by Gasteiger charge is 1.99. The predicted molar refractivity (Wildman–Crippen MR) is 70.3 cm³/mol. The second-order valence-corrected chi connectivity index (χ2v) is 5.18. The van der Waals surface area contributed by atoms with Crippen LogP contribution in [0.1, 0.15) is 17.4 Å². The van der Waals surface area contributed by atoms with E-state index in [0.29, 0.717) is 4.47 Å². The smallest absolute Gasteiger partial charge is 0.183 e. The third kappa shape index (κ3) is 2.97. The molecule has 1 aromatic carbocycles. The van der Waals surface area contributed by atoms with Crippen molar-refractivity contribution in [1.29, 1.82) is 0 Å². The molecule has 0 aliphatic carbocycles. The van der Waals surface area contributed by atoms with E-state index in [4.69, 9.17) is 11.6 Å².